The van der Waals surface area contributed by atoms with Crippen molar-refractivity contribution in [3.05, 3.63) is 25.3 Å². The highest BCUT2D eigenvalue weighted by molar-refractivity contribution is 5.98. The Balaban J connectivity index is 2.02. The van der Waals surface area contributed by atoms with E-state index in [-0.39, 0.29) is 37.5 Å². The summed E-state index contributed by atoms with van der Waals surface area (Å²) in [5.41, 5.74) is -2.02. The zero-order chi connectivity index (χ0) is 24.4. The van der Waals surface area contributed by atoms with Crippen LogP contribution in [0.15, 0.2) is 25.3 Å². The van der Waals surface area contributed by atoms with Crippen molar-refractivity contribution in [3.8, 4) is 0 Å². The smallest absolute Gasteiger partial charge is 0.312 e. The van der Waals surface area contributed by atoms with Crippen molar-refractivity contribution >= 4 is 17.8 Å². The molecule has 8 heteroatoms. The van der Waals surface area contributed by atoms with E-state index in [9.17, 15) is 19.5 Å². The van der Waals surface area contributed by atoms with E-state index in [1.165, 1.54) is 4.90 Å². The molecule has 6 atom stereocenters. The Labute approximate surface area is 196 Å². The van der Waals surface area contributed by atoms with Crippen LogP contribution in [0.25, 0.3) is 0 Å². The summed E-state index contributed by atoms with van der Waals surface area (Å²) in [6, 6.07) is -0.894. The highest BCUT2D eigenvalue weighted by Gasteiger charge is 2.80. The van der Waals surface area contributed by atoms with Crippen LogP contribution in [0.1, 0.15) is 46.5 Å². The van der Waals surface area contributed by atoms with E-state index in [0.717, 1.165) is 12.8 Å². The van der Waals surface area contributed by atoms with Gasteiger partial charge in [-0.25, -0.2) is 0 Å². The molecule has 2 bridgehead atoms. The third kappa shape index (κ3) is 4.01. The lowest BCUT2D eigenvalue weighted by Crippen LogP contribution is -2.57. The molecule has 8 nitrogen and oxygen atoms in total. The Hall–Kier alpha value is -2.19. The van der Waals surface area contributed by atoms with Gasteiger partial charge in [0.15, 0.2) is 0 Å². The lowest BCUT2D eigenvalue weighted by molar-refractivity contribution is -0.162. The van der Waals surface area contributed by atoms with Crippen LogP contribution in [0, 0.1) is 17.8 Å². The van der Waals surface area contributed by atoms with Gasteiger partial charge in [0.1, 0.15) is 17.6 Å². The summed E-state index contributed by atoms with van der Waals surface area (Å²) in [5, 5.41) is 9.70. The number of rotatable bonds is 12. The topological polar surface area (TPSA) is 96.4 Å². The van der Waals surface area contributed by atoms with Crippen molar-refractivity contribution < 1.29 is 29.0 Å². The summed E-state index contributed by atoms with van der Waals surface area (Å²) in [7, 11) is 0. The van der Waals surface area contributed by atoms with Crippen LogP contribution >= 0.6 is 0 Å². The fourth-order valence-corrected chi connectivity index (χ4v) is 6.03. The van der Waals surface area contributed by atoms with Gasteiger partial charge in [0, 0.05) is 19.6 Å². The number of esters is 1. The molecule has 1 N–H and O–H groups in total. The summed E-state index contributed by atoms with van der Waals surface area (Å²) < 4.78 is 12.1. The van der Waals surface area contributed by atoms with Crippen molar-refractivity contribution in [2.45, 2.75) is 63.7 Å². The van der Waals surface area contributed by atoms with Gasteiger partial charge in [-0.15, -0.1) is 13.2 Å². The van der Waals surface area contributed by atoms with E-state index in [0.29, 0.717) is 25.9 Å². The van der Waals surface area contributed by atoms with Gasteiger partial charge in [-0.2, -0.15) is 0 Å². The Morgan fingerprint density at radius 1 is 1.36 bits per heavy atom. The molecule has 1 spiro atoms. The van der Waals surface area contributed by atoms with Gasteiger partial charge >= 0.3 is 5.97 Å². The molecule has 3 heterocycles. The van der Waals surface area contributed by atoms with Gasteiger partial charge in [0.05, 0.1) is 24.7 Å². The number of fused-ring (bicyclic) bond motifs is 1. The number of aliphatic hydroxyl groups is 1. The molecule has 33 heavy (non-hydrogen) atoms. The van der Waals surface area contributed by atoms with Crippen molar-refractivity contribution in [2.24, 2.45) is 17.8 Å². The number of nitrogens with zero attached hydrogens (tertiary/aromatic N) is 2. The lowest BCUT2D eigenvalue weighted by atomic mass is 9.62. The van der Waals surface area contributed by atoms with Gasteiger partial charge in [0.2, 0.25) is 11.8 Å². The summed E-state index contributed by atoms with van der Waals surface area (Å²) in [6.45, 7) is 14.1. The monoisotopic (exact) mass is 462 g/mol. The van der Waals surface area contributed by atoms with Crippen LogP contribution in [-0.4, -0.2) is 82.8 Å². The number of hydrogen-bond acceptors (Lipinski definition) is 6. The first kappa shape index (κ1) is 25.4. The van der Waals surface area contributed by atoms with Crippen LogP contribution in [-0.2, 0) is 23.9 Å². The number of amides is 2. The minimum atomic E-state index is -1.12. The number of likely N-dealkylation sites (tertiary alicyclic amines) is 1. The maximum atomic E-state index is 13.9. The molecule has 3 aliphatic heterocycles. The van der Waals surface area contributed by atoms with Gasteiger partial charge < -0.3 is 24.4 Å². The quantitative estimate of drug-likeness (QED) is 0.270. The van der Waals surface area contributed by atoms with E-state index in [1.807, 2.05) is 13.8 Å². The van der Waals surface area contributed by atoms with Crippen molar-refractivity contribution in [3.63, 3.8) is 0 Å². The molecule has 0 aromatic rings. The summed E-state index contributed by atoms with van der Waals surface area (Å²) >= 11 is 0. The maximum absolute atomic E-state index is 13.9. The van der Waals surface area contributed by atoms with E-state index < -0.39 is 35.0 Å². The maximum Gasteiger partial charge on any atom is 0.312 e. The van der Waals surface area contributed by atoms with Crippen LogP contribution in [0.3, 0.4) is 0 Å². The van der Waals surface area contributed by atoms with Gasteiger partial charge in [-0.05, 0) is 32.1 Å². The van der Waals surface area contributed by atoms with Crippen LogP contribution in [0.5, 0.6) is 0 Å². The minimum Gasteiger partial charge on any atom is -0.465 e. The van der Waals surface area contributed by atoms with Gasteiger partial charge in [0.25, 0.3) is 0 Å². The molecule has 0 aliphatic carbocycles. The molecule has 3 saturated heterocycles. The first-order valence-electron chi connectivity index (χ1n) is 12.0. The lowest BCUT2D eigenvalue weighted by Gasteiger charge is -2.37. The first-order valence-corrected chi connectivity index (χ1v) is 12.0. The zero-order valence-electron chi connectivity index (χ0n) is 20.1. The molecular weight excluding hydrogens is 424 g/mol. The fourth-order valence-electron chi connectivity index (χ4n) is 6.03. The number of carbonyl (C=O) groups is 3. The molecular formula is C25H38N2O6. The average Bonchev–Trinajstić information content (AvgIpc) is 3.28. The summed E-state index contributed by atoms with van der Waals surface area (Å²) in [6.07, 6.45) is 6.09. The molecule has 3 fully saturated rings. The minimum absolute atomic E-state index is 0.00981. The Morgan fingerprint density at radius 3 is 2.70 bits per heavy atom. The second-order valence-corrected chi connectivity index (χ2v) is 9.63. The van der Waals surface area contributed by atoms with Gasteiger partial charge in [-0.3, -0.25) is 14.4 Å². The van der Waals surface area contributed by atoms with Crippen molar-refractivity contribution in [1.82, 2.24) is 9.80 Å². The molecule has 3 rings (SSSR count). The van der Waals surface area contributed by atoms with E-state index >= 15 is 0 Å². The predicted molar refractivity (Wildman–Crippen MR) is 123 cm³/mol. The van der Waals surface area contributed by atoms with Crippen LogP contribution in [0.2, 0.25) is 0 Å². The third-order valence-corrected chi connectivity index (χ3v) is 7.65. The van der Waals surface area contributed by atoms with E-state index in [1.54, 1.807) is 17.1 Å². The molecule has 3 aliphatic rings. The van der Waals surface area contributed by atoms with E-state index in [2.05, 4.69) is 20.1 Å². The SMILES string of the molecule is C=CCCOC(=O)[C@H]1[C@H]2C(=O)N(CCO)C(C(=O)N(CC=C)CCCC)C23CC(C)[C@]1(C)O3. The molecule has 0 radical (unpaired) electrons. The number of carbonyl (C=O) groups excluding carboxylic acids is 3. The third-order valence-electron chi connectivity index (χ3n) is 7.65. The normalized spacial score (nSPS) is 34.3. The number of β-amino-alcohol motifs (C(OH)–C–C–N with tert-alkyl or cyclic N) is 1. The molecule has 3 unspecified atom stereocenters. The number of ether oxygens (including phenoxy) is 2. The van der Waals surface area contributed by atoms with Gasteiger partial charge in [-0.1, -0.05) is 32.4 Å². The standard InChI is InChI=1S/C25H38N2O6/c1-6-9-12-26(11-8-3)22(30)20-25-16-17(4)24(5,33-25)19(23(31)32-15-10-7-2)18(25)21(29)27(20)13-14-28/h7-8,17-20,28H,2-3,6,9-16H2,1,4-5H3/t17?,18-,19+,20?,24-,25?/m0/s1. The number of hydrogen-bond donors (Lipinski definition) is 1. The molecule has 2 amide bonds. The Bertz CT molecular complexity index is 800. The second-order valence-electron chi connectivity index (χ2n) is 9.63. The highest BCUT2D eigenvalue weighted by atomic mass is 16.6. The van der Waals surface area contributed by atoms with Crippen molar-refractivity contribution in [2.75, 3.05) is 32.8 Å². The van der Waals surface area contributed by atoms with E-state index in [4.69, 9.17) is 9.47 Å². The summed E-state index contributed by atoms with van der Waals surface area (Å²) in [4.78, 5) is 43.9. The van der Waals surface area contributed by atoms with Crippen LogP contribution < -0.4 is 0 Å². The van der Waals surface area contributed by atoms with Crippen LogP contribution in [0.4, 0.5) is 0 Å². The zero-order valence-corrected chi connectivity index (χ0v) is 20.1. The van der Waals surface area contributed by atoms with Crippen molar-refractivity contribution in [1.29, 1.82) is 0 Å². The second kappa shape index (κ2) is 9.97. The Morgan fingerprint density at radius 2 is 2.09 bits per heavy atom. The molecule has 0 aromatic heterocycles. The first-order chi connectivity index (χ1) is 15.7. The predicted octanol–water partition coefficient (Wildman–Crippen LogP) is 1.92. The number of aliphatic hydroxyl groups excluding tert-OH is 1. The molecule has 0 aromatic carbocycles. The highest BCUT2D eigenvalue weighted by Crippen LogP contribution is 2.65. The largest absolute Gasteiger partial charge is 0.465 e. The molecule has 0 saturated carbocycles. The number of unbranched alkanes of at least 4 members (excludes halogenated alkanes) is 1. The Kier molecular flexibility index (Phi) is 7.69. The molecule has 184 valence electrons. The average molecular weight is 463 g/mol. The fraction of sp³-hybridized carbons (Fsp3) is 0.720. The summed E-state index contributed by atoms with van der Waals surface area (Å²) in [5.74, 6) is -2.68.